The molecular formula is C21H27N5O3. The third-order valence-electron chi connectivity index (χ3n) is 4.76. The topological polar surface area (TPSA) is 99.0 Å². The van der Waals surface area contributed by atoms with Gasteiger partial charge >= 0.3 is 0 Å². The zero-order chi connectivity index (χ0) is 20.6. The monoisotopic (exact) mass is 397 g/mol. The van der Waals surface area contributed by atoms with Crippen LogP contribution < -0.4 is 20.9 Å². The van der Waals surface area contributed by atoms with Crippen molar-refractivity contribution in [3.8, 4) is 0 Å². The van der Waals surface area contributed by atoms with Crippen LogP contribution in [0.1, 0.15) is 29.0 Å². The molecule has 154 valence electrons. The van der Waals surface area contributed by atoms with E-state index in [4.69, 9.17) is 4.42 Å². The number of guanidine groups is 1. The molecule has 8 heteroatoms. The highest BCUT2D eigenvalue weighted by Gasteiger charge is 2.30. The minimum atomic E-state index is -0.208. The van der Waals surface area contributed by atoms with E-state index >= 15 is 0 Å². The van der Waals surface area contributed by atoms with Gasteiger partial charge in [0.15, 0.2) is 11.7 Å². The highest BCUT2D eigenvalue weighted by molar-refractivity contribution is 5.97. The lowest BCUT2D eigenvalue weighted by Gasteiger charge is -2.19. The van der Waals surface area contributed by atoms with E-state index in [9.17, 15) is 9.59 Å². The number of carbonyl (C=O) groups excluding carboxylic acids is 2. The molecule has 2 aromatic rings. The van der Waals surface area contributed by atoms with E-state index in [1.54, 1.807) is 18.0 Å². The maximum Gasteiger partial charge on any atom is 0.287 e. The van der Waals surface area contributed by atoms with Gasteiger partial charge in [0.1, 0.15) is 0 Å². The van der Waals surface area contributed by atoms with Crippen LogP contribution in [0.3, 0.4) is 0 Å². The molecule has 2 amide bonds. The Hall–Kier alpha value is -3.29. The highest BCUT2D eigenvalue weighted by Crippen LogP contribution is 2.20. The van der Waals surface area contributed by atoms with Crippen molar-refractivity contribution in [3.63, 3.8) is 0 Å². The number of hydrogen-bond donors (Lipinski definition) is 3. The maximum atomic E-state index is 12.3. The molecule has 0 bridgehead atoms. The fourth-order valence-corrected chi connectivity index (χ4v) is 3.23. The molecule has 1 fully saturated rings. The largest absolute Gasteiger partial charge is 0.459 e. The first kappa shape index (κ1) is 20.4. The minimum Gasteiger partial charge on any atom is -0.459 e. The predicted molar refractivity (Wildman–Crippen MR) is 112 cm³/mol. The summed E-state index contributed by atoms with van der Waals surface area (Å²) >= 11 is 0. The first-order valence-electron chi connectivity index (χ1n) is 9.73. The minimum absolute atomic E-state index is 0.00413. The molecule has 1 aromatic heterocycles. The Labute approximate surface area is 170 Å². The summed E-state index contributed by atoms with van der Waals surface area (Å²) in [5, 5.41) is 9.36. The molecule has 1 aliphatic rings. The molecule has 0 radical (unpaired) electrons. The maximum absolute atomic E-state index is 12.3. The van der Waals surface area contributed by atoms with Crippen molar-refractivity contribution in [1.82, 2.24) is 16.0 Å². The number of aryl methyl sites for hydroxylation is 1. The molecule has 1 aliphatic heterocycles. The molecule has 8 nitrogen and oxygen atoms in total. The molecular weight excluding hydrogens is 370 g/mol. The molecule has 3 N–H and O–H groups in total. The van der Waals surface area contributed by atoms with Crippen molar-refractivity contribution in [1.29, 1.82) is 0 Å². The van der Waals surface area contributed by atoms with E-state index in [-0.39, 0.29) is 17.9 Å². The third kappa shape index (κ3) is 5.37. The van der Waals surface area contributed by atoms with Crippen molar-refractivity contribution >= 4 is 23.5 Å². The number of nitrogens with one attached hydrogen (secondary N) is 3. The van der Waals surface area contributed by atoms with Crippen LogP contribution >= 0.6 is 0 Å². The standard InChI is InChI=1S/C21H27N5O3/c1-15-9-12-29-19(15)20(28)23-10-6-11-24-21(22-2)25-16-13-18(27)26(14-16)17-7-4-3-5-8-17/h3-5,7-9,12,16H,6,10-11,13-14H2,1-2H3,(H,23,28)(H2,22,24,25). The molecule has 1 saturated heterocycles. The molecule has 1 atom stereocenters. The number of rotatable bonds is 7. The lowest BCUT2D eigenvalue weighted by Crippen LogP contribution is -2.45. The first-order chi connectivity index (χ1) is 14.1. The average Bonchev–Trinajstić information content (AvgIpc) is 3.32. The molecule has 2 heterocycles. The van der Waals surface area contributed by atoms with Gasteiger partial charge in [-0.2, -0.15) is 0 Å². The van der Waals surface area contributed by atoms with Crippen LogP contribution in [0.25, 0.3) is 0 Å². The van der Waals surface area contributed by atoms with Crippen LogP contribution in [0.15, 0.2) is 52.1 Å². The second-order valence-corrected chi connectivity index (χ2v) is 6.93. The van der Waals surface area contributed by atoms with E-state index in [1.807, 2.05) is 37.3 Å². The van der Waals surface area contributed by atoms with Gasteiger partial charge in [0, 0.05) is 44.4 Å². The molecule has 29 heavy (non-hydrogen) atoms. The Morgan fingerprint density at radius 3 is 2.66 bits per heavy atom. The van der Waals surface area contributed by atoms with Crippen LogP contribution in [-0.4, -0.2) is 50.5 Å². The number of carbonyl (C=O) groups is 2. The summed E-state index contributed by atoms with van der Waals surface area (Å²) in [6, 6.07) is 11.4. The Morgan fingerprint density at radius 1 is 1.21 bits per heavy atom. The fraction of sp³-hybridized carbons (Fsp3) is 0.381. The van der Waals surface area contributed by atoms with Gasteiger partial charge in [-0.05, 0) is 31.5 Å². The third-order valence-corrected chi connectivity index (χ3v) is 4.76. The molecule has 1 aromatic carbocycles. The second kappa shape index (κ2) is 9.77. The summed E-state index contributed by atoms with van der Waals surface area (Å²) < 4.78 is 5.17. The van der Waals surface area contributed by atoms with Crippen LogP contribution in [0.4, 0.5) is 5.69 Å². The van der Waals surface area contributed by atoms with Crippen LogP contribution in [0.2, 0.25) is 0 Å². The Kier molecular flexibility index (Phi) is 6.89. The smallest absolute Gasteiger partial charge is 0.287 e. The summed E-state index contributed by atoms with van der Waals surface area (Å²) in [5.41, 5.74) is 1.73. The van der Waals surface area contributed by atoms with Crippen molar-refractivity contribution in [3.05, 3.63) is 54.0 Å². The summed E-state index contributed by atoms with van der Waals surface area (Å²) in [7, 11) is 1.70. The van der Waals surface area contributed by atoms with Gasteiger partial charge in [-0.15, -0.1) is 0 Å². The van der Waals surface area contributed by atoms with Crippen molar-refractivity contribution in [2.24, 2.45) is 4.99 Å². The summed E-state index contributed by atoms with van der Waals surface area (Å²) in [4.78, 5) is 30.3. The van der Waals surface area contributed by atoms with Gasteiger partial charge in [-0.1, -0.05) is 18.2 Å². The van der Waals surface area contributed by atoms with E-state index in [0.717, 1.165) is 17.7 Å². The summed E-state index contributed by atoms with van der Waals surface area (Å²) in [5.74, 6) is 0.885. The highest BCUT2D eigenvalue weighted by atomic mass is 16.3. The summed E-state index contributed by atoms with van der Waals surface area (Å²) in [6.45, 7) is 3.59. The van der Waals surface area contributed by atoms with Crippen molar-refractivity contribution in [2.45, 2.75) is 25.8 Å². The van der Waals surface area contributed by atoms with E-state index in [2.05, 4.69) is 20.9 Å². The lowest BCUT2D eigenvalue weighted by molar-refractivity contribution is -0.117. The molecule has 0 saturated carbocycles. The zero-order valence-corrected chi connectivity index (χ0v) is 16.8. The molecule has 0 spiro atoms. The fourth-order valence-electron chi connectivity index (χ4n) is 3.23. The summed E-state index contributed by atoms with van der Waals surface area (Å²) in [6.07, 6.45) is 2.66. The van der Waals surface area contributed by atoms with Crippen LogP contribution in [0.5, 0.6) is 0 Å². The van der Waals surface area contributed by atoms with Gasteiger partial charge in [0.2, 0.25) is 5.91 Å². The van der Waals surface area contributed by atoms with Gasteiger partial charge in [0.05, 0.1) is 12.3 Å². The number of para-hydroxylation sites is 1. The number of hydrogen-bond acceptors (Lipinski definition) is 4. The zero-order valence-electron chi connectivity index (χ0n) is 16.8. The van der Waals surface area contributed by atoms with Gasteiger partial charge in [0.25, 0.3) is 5.91 Å². The number of amides is 2. The second-order valence-electron chi connectivity index (χ2n) is 6.93. The van der Waals surface area contributed by atoms with E-state index in [1.165, 1.54) is 6.26 Å². The van der Waals surface area contributed by atoms with Gasteiger partial charge in [-0.3, -0.25) is 14.6 Å². The number of benzene rings is 1. The molecule has 3 rings (SSSR count). The Bertz CT molecular complexity index is 862. The molecule has 0 aliphatic carbocycles. The number of furan rings is 1. The lowest BCUT2D eigenvalue weighted by atomic mass is 10.2. The number of nitrogens with zero attached hydrogens (tertiary/aromatic N) is 2. The van der Waals surface area contributed by atoms with E-state index in [0.29, 0.717) is 37.8 Å². The number of aliphatic imine (C=N–C) groups is 1. The van der Waals surface area contributed by atoms with Crippen molar-refractivity contribution in [2.75, 3.05) is 31.6 Å². The normalized spacial score (nSPS) is 16.8. The quantitative estimate of drug-likeness (QED) is 0.375. The Balaban J connectivity index is 1.38. The van der Waals surface area contributed by atoms with Crippen molar-refractivity contribution < 1.29 is 14.0 Å². The van der Waals surface area contributed by atoms with Crippen LogP contribution in [-0.2, 0) is 4.79 Å². The number of anilines is 1. The Morgan fingerprint density at radius 2 is 1.97 bits per heavy atom. The van der Waals surface area contributed by atoms with Gasteiger partial charge in [-0.25, -0.2) is 0 Å². The van der Waals surface area contributed by atoms with Gasteiger partial charge < -0.3 is 25.3 Å². The SMILES string of the molecule is CN=C(NCCCNC(=O)c1occc1C)NC1CC(=O)N(c2ccccc2)C1. The van der Waals surface area contributed by atoms with E-state index < -0.39 is 0 Å². The molecule has 1 unspecified atom stereocenters. The first-order valence-corrected chi connectivity index (χ1v) is 9.73. The predicted octanol–water partition coefficient (Wildman–Crippen LogP) is 1.68. The van der Waals surface area contributed by atoms with Crippen LogP contribution in [0, 0.1) is 6.92 Å². The average molecular weight is 397 g/mol.